The highest BCUT2D eigenvalue weighted by Crippen LogP contribution is 2.27. The largest absolute Gasteiger partial charge is 0.478 e. The van der Waals surface area contributed by atoms with Crippen molar-refractivity contribution in [1.82, 2.24) is 0 Å². The Morgan fingerprint density at radius 1 is 0.958 bits per heavy atom. The Morgan fingerprint density at radius 3 is 2.12 bits per heavy atom. The van der Waals surface area contributed by atoms with Crippen molar-refractivity contribution >= 4 is 33.5 Å². The summed E-state index contributed by atoms with van der Waals surface area (Å²) >= 11 is 0. The highest BCUT2D eigenvalue weighted by molar-refractivity contribution is 7.90. The molecule has 2 aromatic carbocycles. The van der Waals surface area contributed by atoms with Crippen LogP contribution >= 0.6 is 0 Å². The minimum atomic E-state index is -3.83. The van der Waals surface area contributed by atoms with E-state index in [0.717, 1.165) is 6.07 Å². The lowest BCUT2D eigenvalue weighted by Gasteiger charge is -2.09. The number of benzene rings is 2. The van der Waals surface area contributed by atoms with Crippen LogP contribution in [0, 0.1) is 0 Å². The summed E-state index contributed by atoms with van der Waals surface area (Å²) in [6.07, 6.45) is 0. The van der Waals surface area contributed by atoms with Crippen molar-refractivity contribution in [2.24, 2.45) is 4.40 Å². The zero-order chi connectivity index (χ0) is 17.5. The number of hydrogen-bond acceptors (Lipinski definition) is 5. The number of amidine groups is 1. The van der Waals surface area contributed by atoms with Gasteiger partial charge in [-0.05, 0) is 30.3 Å². The van der Waals surface area contributed by atoms with Gasteiger partial charge in [0.2, 0.25) is 0 Å². The third-order valence-corrected chi connectivity index (χ3v) is 4.66. The van der Waals surface area contributed by atoms with E-state index in [0.29, 0.717) is 5.56 Å². The zero-order valence-corrected chi connectivity index (χ0v) is 12.7. The van der Waals surface area contributed by atoms with Crippen LogP contribution in [0.15, 0.2) is 51.8 Å². The van der Waals surface area contributed by atoms with E-state index in [1.165, 1.54) is 18.2 Å². The molecule has 24 heavy (non-hydrogen) atoms. The van der Waals surface area contributed by atoms with Gasteiger partial charge >= 0.3 is 11.9 Å². The van der Waals surface area contributed by atoms with E-state index in [-0.39, 0.29) is 27.5 Å². The molecule has 0 atom stereocenters. The summed E-state index contributed by atoms with van der Waals surface area (Å²) in [4.78, 5) is 22.3. The van der Waals surface area contributed by atoms with Gasteiger partial charge in [0.05, 0.1) is 11.1 Å². The molecule has 0 aliphatic carbocycles. The summed E-state index contributed by atoms with van der Waals surface area (Å²) in [5, 5.41) is 20.8. The third kappa shape index (κ3) is 2.72. The summed E-state index contributed by atoms with van der Waals surface area (Å²) in [6.45, 7) is 0. The first-order chi connectivity index (χ1) is 11.3. The Kier molecular flexibility index (Phi) is 3.57. The number of carboxylic acids is 2. The molecule has 0 fully saturated rings. The number of aromatic carboxylic acids is 2. The molecule has 3 N–H and O–H groups in total. The quantitative estimate of drug-likeness (QED) is 0.769. The van der Waals surface area contributed by atoms with E-state index in [1.54, 1.807) is 18.2 Å². The maximum Gasteiger partial charge on any atom is 0.335 e. The van der Waals surface area contributed by atoms with Crippen molar-refractivity contribution in [2.45, 2.75) is 4.90 Å². The third-order valence-electron chi connectivity index (χ3n) is 3.32. The normalized spacial score (nSPS) is 14.6. The first kappa shape index (κ1) is 15.7. The molecule has 0 radical (unpaired) electrons. The van der Waals surface area contributed by atoms with E-state index in [2.05, 4.69) is 9.71 Å². The maximum atomic E-state index is 12.0. The standard InChI is InChI=1S/C15H10N2O6S/c18-14(19)8-5-9(15(20)21)7-10(6-8)16-13-11-3-1-2-4-12(11)24(22,23)17-13/h1-7H,(H,16,17)(H,18,19)(H,20,21). The molecule has 0 spiro atoms. The average Bonchev–Trinajstić information content (AvgIpc) is 2.78. The summed E-state index contributed by atoms with van der Waals surface area (Å²) in [7, 11) is -3.83. The Labute approximate surface area is 136 Å². The van der Waals surface area contributed by atoms with Gasteiger partial charge in [0.25, 0.3) is 10.0 Å². The molecule has 1 heterocycles. The summed E-state index contributed by atoms with van der Waals surface area (Å²) < 4.78 is 27.6. The van der Waals surface area contributed by atoms with E-state index in [1.807, 2.05) is 0 Å². The summed E-state index contributed by atoms with van der Waals surface area (Å²) in [5.41, 5.74) is -0.0488. The van der Waals surface area contributed by atoms with Gasteiger partial charge in [-0.2, -0.15) is 8.42 Å². The first-order valence-corrected chi connectivity index (χ1v) is 8.05. The first-order valence-electron chi connectivity index (χ1n) is 6.61. The fourth-order valence-corrected chi connectivity index (χ4v) is 3.46. The molecule has 0 saturated carbocycles. The molecule has 9 heteroatoms. The van der Waals surface area contributed by atoms with Crippen LogP contribution in [0.1, 0.15) is 26.3 Å². The Bertz CT molecular complexity index is 978. The highest BCUT2D eigenvalue weighted by Gasteiger charge is 2.28. The monoisotopic (exact) mass is 346 g/mol. The van der Waals surface area contributed by atoms with Crippen molar-refractivity contribution in [2.75, 3.05) is 5.32 Å². The number of sulfonamides is 1. The van der Waals surface area contributed by atoms with Crippen LogP contribution in [0.25, 0.3) is 0 Å². The van der Waals surface area contributed by atoms with Crippen LogP contribution < -0.4 is 5.32 Å². The summed E-state index contributed by atoms with van der Waals surface area (Å²) in [5.74, 6) is -2.60. The van der Waals surface area contributed by atoms with Gasteiger partial charge < -0.3 is 15.5 Å². The second kappa shape index (κ2) is 5.46. The van der Waals surface area contributed by atoms with Gasteiger partial charge in [-0.25, -0.2) is 9.59 Å². The molecule has 0 amide bonds. The van der Waals surface area contributed by atoms with Crippen molar-refractivity contribution in [3.8, 4) is 0 Å². The van der Waals surface area contributed by atoms with Gasteiger partial charge in [0.15, 0.2) is 5.84 Å². The molecule has 0 unspecified atom stereocenters. The Morgan fingerprint density at radius 2 is 1.54 bits per heavy atom. The number of carboxylic acid groups (broad SMARTS) is 2. The van der Waals surface area contributed by atoms with Gasteiger partial charge in [-0.15, -0.1) is 4.40 Å². The van der Waals surface area contributed by atoms with Gasteiger partial charge in [0.1, 0.15) is 4.90 Å². The van der Waals surface area contributed by atoms with Crippen molar-refractivity contribution < 1.29 is 28.2 Å². The van der Waals surface area contributed by atoms with Crippen LogP contribution in [-0.2, 0) is 10.0 Å². The van der Waals surface area contributed by atoms with Crippen LogP contribution in [0.4, 0.5) is 5.69 Å². The molecule has 1 aliphatic heterocycles. The predicted octanol–water partition coefficient (Wildman–Crippen LogP) is 1.64. The van der Waals surface area contributed by atoms with Crippen LogP contribution in [-0.4, -0.2) is 36.4 Å². The predicted molar refractivity (Wildman–Crippen MR) is 84.1 cm³/mol. The number of carbonyl (C=O) groups is 2. The lowest BCUT2D eigenvalue weighted by atomic mass is 10.1. The van der Waals surface area contributed by atoms with Gasteiger partial charge in [-0.3, -0.25) is 0 Å². The molecular formula is C15H10N2O6S. The fourth-order valence-electron chi connectivity index (χ4n) is 2.28. The van der Waals surface area contributed by atoms with E-state index in [9.17, 15) is 18.0 Å². The number of nitrogens with one attached hydrogen (secondary N) is 1. The molecule has 0 bridgehead atoms. The smallest absolute Gasteiger partial charge is 0.335 e. The van der Waals surface area contributed by atoms with Crippen molar-refractivity contribution in [3.63, 3.8) is 0 Å². The minimum absolute atomic E-state index is 0.00415. The second-order valence-corrected chi connectivity index (χ2v) is 6.52. The van der Waals surface area contributed by atoms with Crippen LogP contribution in [0.5, 0.6) is 0 Å². The molecule has 1 aliphatic rings. The topological polar surface area (TPSA) is 133 Å². The fraction of sp³-hybridized carbons (Fsp3) is 0. The number of hydrogen-bond donors (Lipinski definition) is 3. The number of rotatable bonds is 3. The maximum absolute atomic E-state index is 12.0. The van der Waals surface area contributed by atoms with Crippen molar-refractivity contribution in [1.29, 1.82) is 0 Å². The number of fused-ring (bicyclic) bond motifs is 1. The minimum Gasteiger partial charge on any atom is -0.478 e. The molecule has 0 saturated heterocycles. The lowest BCUT2D eigenvalue weighted by molar-refractivity contribution is 0.0696. The molecule has 3 rings (SSSR count). The van der Waals surface area contributed by atoms with E-state index in [4.69, 9.17) is 10.2 Å². The summed E-state index contributed by atoms with van der Waals surface area (Å²) in [6, 6.07) is 9.55. The average molecular weight is 346 g/mol. The molecule has 8 nitrogen and oxygen atoms in total. The highest BCUT2D eigenvalue weighted by atomic mass is 32.2. The van der Waals surface area contributed by atoms with E-state index >= 15 is 0 Å². The Balaban J connectivity index is 2.07. The zero-order valence-electron chi connectivity index (χ0n) is 11.9. The number of nitrogens with zero attached hydrogens (tertiary/aromatic N) is 1. The Hall–Kier alpha value is -3.20. The molecular weight excluding hydrogens is 336 g/mol. The SMILES string of the molecule is O=C(O)c1cc(NC2=NS(=O)(=O)c3ccccc32)cc(C(=O)O)c1. The van der Waals surface area contributed by atoms with Crippen LogP contribution in [0.3, 0.4) is 0 Å². The molecule has 2 aromatic rings. The van der Waals surface area contributed by atoms with E-state index < -0.39 is 22.0 Å². The van der Waals surface area contributed by atoms with Gasteiger partial charge in [-0.1, -0.05) is 12.1 Å². The van der Waals surface area contributed by atoms with Gasteiger partial charge in [0, 0.05) is 11.3 Å². The molecule has 0 aromatic heterocycles. The van der Waals surface area contributed by atoms with Crippen molar-refractivity contribution in [3.05, 3.63) is 59.2 Å². The number of anilines is 1. The second-order valence-electron chi connectivity index (χ2n) is 4.95. The lowest BCUT2D eigenvalue weighted by Crippen LogP contribution is -2.13. The van der Waals surface area contributed by atoms with Crippen LogP contribution in [0.2, 0.25) is 0 Å². The molecule has 122 valence electrons.